The lowest BCUT2D eigenvalue weighted by atomic mass is 10.1. The maximum atomic E-state index is 11.9. The van der Waals surface area contributed by atoms with Gasteiger partial charge in [-0.1, -0.05) is 44.6 Å². The van der Waals surface area contributed by atoms with Crippen LogP contribution in [0.5, 0.6) is 11.5 Å². The molecule has 2 N–H and O–H groups in total. The van der Waals surface area contributed by atoms with Crippen LogP contribution in [0.25, 0.3) is 0 Å². The van der Waals surface area contributed by atoms with Crippen molar-refractivity contribution in [1.29, 1.82) is 0 Å². The van der Waals surface area contributed by atoms with Gasteiger partial charge in [-0.3, -0.25) is 9.59 Å². The van der Waals surface area contributed by atoms with Gasteiger partial charge in [-0.2, -0.15) is 0 Å². The van der Waals surface area contributed by atoms with Crippen molar-refractivity contribution in [2.75, 3.05) is 14.2 Å². The SMILES string of the molecule is COC(=O)CCCCCCCCCCC(=O)NCc1ccc(O)c(OC)c1. The lowest BCUT2D eigenvalue weighted by Gasteiger charge is -2.08. The molecule has 1 amide bonds. The number of rotatable bonds is 14. The first-order chi connectivity index (χ1) is 13.1. The van der Waals surface area contributed by atoms with Gasteiger partial charge in [0.1, 0.15) is 0 Å². The number of amides is 1. The number of phenols is 1. The van der Waals surface area contributed by atoms with Crippen LogP contribution in [0.1, 0.15) is 69.8 Å². The monoisotopic (exact) mass is 379 g/mol. The minimum Gasteiger partial charge on any atom is -0.504 e. The molecule has 27 heavy (non-hydrogen) atoms. The fourth-order valence-corrected chi connectivity index (χ4v) is 2.84. The highest BCUT2D eigenvalue weighted by Crippen LogP contribution is 2.26. The molecular formula is C21H33NO5. The van der Waals surface area contributed by atoms with E-state index in [2.05, 4.69) is 10.1 Å². The summed E-state index contributed by atoms with van der Waals surface area (Å²) >= 11 is 0. The molecule has 0 radical (unpaired) electrons. The van der Waals surface area contributed by atoms with E-state index in [0.29, 0.717) is 25.1 Å². The van der Waals surface area contributed by atoms with Crippen LogP contribution in [0, 0.1) is 0 Å². The predicted molar refractivity (Wildman–Crippen MR) is 105 cm³/mol. The summed E-state index contributed by atoms with van der Waals surface area (Å²) in [6.45, 7) is 0.432. The summed E-state index contributed by atoms with van der Waals surface area (Å²) in [4.78, 5) is 22.9. The molecule has 0 spiro atoms. The molecule has 0 heterocycles. The molecule has 0 saturated carbocycles. The number of hydrogen-bond acceptors (Lipinski definition) is 5. The summed E-state index contributed by atoms with van der Waals surface area (Å²) in [7, 11) is 2.92. The number of carbonyl (C=O) groups is 2. The van der Waals surface area contributed by atoms with E-state index >= 15 is 0 Å². The Bertz CT molecular complexity index is 574. The van der Waals surface area contributed by atoms with E-state index in [0.717, 1.165) is 44.1 Å². The largest absolute Gasteiger partial charge is 0.504 e. The van der Waals surface area contributed by atoms with Crippen molar-refractivity contribution in [2.45, 2.75) is 70.8 Å². The van der Waals surface area contributed by atoms with Crippen LogP contribution in [0.2, 0.25) is 0 Å². The fourth-order valence-electron chi connectivity index (χ4n) is 2.84. The van der Waals surface area contributed by atoms with Crippen molar-refractivity contribution >= 4 is 11.9 Å². The van der Waals surface area contributed by atoms with E-state index in [1.54, 1.807) is 18.2 Å². The third-order valence-corrected chi connectivity index (χ3v) is 4.50. The van der Waals surface area contributed by atoms with Crippen molar-refractivity contribution < 1.29 is 24.2 Å². The number of carbonyl (C=O) groups excluding carboxylic acids is 2. The fraction of sp³-hybridized carbons (Fsp3) is 0.619. The number of benzene rings is 1. The zero-order chi connectivity index (χ0) is 19.9. The molecule has 0 aliphatic heterocycles. The van der Waals surface area contributed by atoms with Crippen LogP contribution < -0.4 is 10.1 Å². The van der Waals surface area contributed by atoms with Gasteiger partial charge in [-0.25, -0.2) is 0 Å². The molecule has 6 heteroatoms. The molecule has 1 rings (SSSR count). The van der Waals surface area contributed by atoms with Crippen LogP contribution in [0.15, 0.2) is 18.2 Å². The third-order valence-electron chi connectivity index (χ3n) is 4.50. The molecule has 0 aliphatic carbocycles. The summed E-state index contributed by atoms with van der Waals surface area (Å²) in [6, 6.07) is 5.06. The Labute approximate surface area is 162 Å². The van der Waals surface area contributed by atoms with Crippen LogP contribution in [-0.2, 0) is 20.9 Å². The Hall–Kier alpha value is -2.24. The van der Waals surface area contributed by atoms with Gasteiger partial charge in [-0.15, -0.1) is 0 Å². The zero-order valence-corrected chi connectivity index (χ0v) is 16.6. The van der Waals surface area contributed by atoms with Gasteiger partial charge in [-0.05, 0) is 30.5 Å². The number of nitrogens with one attached hydrogen (secondary N) is 1. The van der Waals surface area contributed by atoms with Crippen molar-refractivity contribution in [3.63, 3.8) is 0 Å². The highest BCUT2D eigenvalue weighted by Gasteiger charge is 2.05. The molecule has 0 saturated heterocycles. The lowest BCUT2D eigenvalue weighted by molar-refractivity contribution is -0.140. The highest BCUT2D eigenvalue weighted by atomic mass is 16.5. The smallest absolute Gasteiger partial charge is 0.305 e. The number of phenolic OH excluding ortho intramolecular Hbond substituents is 1. The normalized spacial score (nSPS) is 10.4. The molecular weight excluding hydrogens is 346 g/mol. The van der Waals surface area contributed by atoms with Crippen LogP contribution in [0.3, 0.4) is 0 Å². The topological polar surface area (TPSA) is 84.9 Å². The minimum atomic E-state index is -0.127. The van der Waals surface area contributed by atoms with Gasteiger partial charge in [0, 0.05) is 19.4 Å². The Kier molecular flexibility index (Phi) is 11.7. The summed E-state index contributed by atoms with van der Waals surface area (Å²) in [5, 5.41) is 12.5. The van der Waals surface area contributed by atoms with E-state index in [4.69, 9.17) is 4.74 Å². The number of hydrogen-bond donors (Lipinski definition) is 2. The van der Waals surface area contributed by atoms with Gasteiger partial charge in [0.25, 0.3) is 0 Å². The maximum absolute atomic E-state index is 11.9. The summed E-state index contributed by atoms with van der Waals surface area (Å²) in [5.74, 6) is 0.422. The summed E-state index contributed by atoms with van der Waals surface area (Å²) < 4.78 is 9.67. The number of methoxy groups -OCH3 is 2. The first kappa shape index (κ1) is 22.8. The van der Waals surface area contributed by atoms with Crippen molar-refractivity contribution in [3.8, 4) is 11.5 Å². The van der Waals surface area contributed by atoms with Gasteiger partial charge in [0.05, 0.1) is 14.2 Å². The second kappa shape index (κ2) is 13.9. The second-order valence-electron chi connectivity index (χ2n) is 6.69. The van der Waals surface area contributed by atoms with Gasteiger partial charge < -0.3 is 19.9 Å². The standard InChI is InChI=1S/C21H33NO5/c1-26-19-15-17(13-14-18(19)23)16-22-20(24)11-9-7-5-3-4-6-8-10-12-21(25)27-2/h13-15,23H,3-12,16H2,1-2H3,(H,22,24). The summed E-state index contributed by atoms with van der Waals surface area (Å²) in [6.07, 6.45) is 9.61. The number of aromatic hydroxyl groups is 1. The molecule has 0 bridgehead atoms. The number of unbranched alkanes of at least 4 members (excludes halogenated alkanes) is 7. The minimum absolute atomic E-state index is 0.0462. The molecule has 0 atom stereocenters. The maximum Gasteiger partial charge on any atom is 0.305 e. The van der Waals surface area contributed by atoms with Gasteiger partial charge >= 0.3 is 5.97 Å². The molecule has 0 aliphatic rings. The first-order valence-electron chi connectivity index (χ1n) is 9.76. The Balaban J connectivity index is 1.99. The zero-order valence-electron chi connectivity index (χ0n) is 16.6. The van der Waals surface area contributed by atoms with E-state index in [1.165, 1.54) is 27.1 Å². The van der Waals surface area contributed by atoms with E-state index < -0.39 is 0 Å². The molecule has 1 aromatic rings. The van der Waals surface area contributed by atoms with Crippen molar-refractivity contribution in [1.82, 2.24) is 5.32 Å². The Morgan fingerprint density at radius 2 is 1.52 bits per heavy atom. The first-order valence-corrected chi connectivity index (χ1v) is 9.76. The predicted octanol–water partition coefficient (Wildman–Crippen LogP) is 4.09. The Morgan fingerprint density at radius 1 is 0.926 bits per heavy atom. The highest BCUT2D eigenvalue weighted by molar-refractivity contribution is 5.75. The van der Waals surface area contributed by atoms with Gasteiger partial charge in [0.2, 0.25) is 5.91 Å². The van der Waals surface area contributed by atoms with Crippen LogP contribution >= 0.6 is 0 Å². The van der Waals surface area contributed by atoms with Crippen LogP contribution in [-0.4, -0.2) is 31.2 Å². The van der Waals surface area contributed by atoms with E-state index in [9.17, 15) is 14.7 Å². The molecule has 152 valence electrons. The molecule has 1 aromatic carbocycles. The average molecular weight is 379 g/mol. The van der Waals surface area contributed by atoms with Crippen molar-refractivity contribution in [3.05, 3.63) is 23.8 Å². The summed E-state index contributed by atoms with van der Waals surface area (Å²) in [5.41, 5.74) is 0.894. The molecule has 0 aromatic heterocycles. The molecule has 0 unspecified atom stereocenters. The van der Waals surface area contributed by atoms with E-state index in [-0.39, 0.29) is 17.6 Å². The van der Waals surface area contributed by atoms with Crippen molar-refractivity contribution in [2.24, 2.45) is 0 Å². The molecule has 6 nitrogen and oxygen atoms in total. The van der Waals surface area contributed by atoms with Gasteiger partial charge in [0.15, 0.2) is 11.5 Å². The second-order valence-corrected chi connectivity index (χ2v) is 6.69. The van der Waals surface area contributed by atoms with E-state index in [1.807, 2.05) is 0 Å². The number of esters is 1. The Morgan fingerprint density at radius 3 is 2.11 bits per heavy atom. The quantitative estimate of drug-likeness (QED) is 0.376. The number of ether oxygens (including phenoxy) is 2. The third kappa shape index (κ3) is 10.5. The lowest BCUT2D eigenvalue weighted by Crippen LogP contribution is -2.22. The van der Waals surface area contributed by atoms with Crippen LogP contribution in [0.4, 0.5) is 0 Å². The molecule has 0 fully saturated rings. The average Bonchev–Trinajstić information content (AvgIpc) is 2.68.